The van der Waals surface area contributed by atoms with Gasteiger partial charge >= 0.3 is 0 Å². The molecular weight excluding hydrogens is 458 g/mol. The first-order chi connectivity index (χ1) is 16.0. The third-order valence-electron chi connectivity index (χ3n) is 5.52. The standard InChI is InChI=1S/C24H21N3O4S2/c28-23(21-7-3-5-17-4-1-2-6-20(17)21)26-24-25-22(16-32-24)18-8-10-19(11-9-18)33(29,30)27-12-14-31-15-13-27/h1-11,16H,12-15H2,(H,25,26,28). The van der Waals surface area contributed by atoms with Crippen LogP contribution in [0.5, 0.6) is 0 Å². The molecule has 0 unspecified atom stereocenters. The maximum atomic E-state index is 12.9. The molecule has 5 rings (SSSR count). The van der Waals surface area contributed by atoms with Gasteiger partial charge in [-0.25, -0.2) is 13.4 Å². The fourth-order valence-electron chi connectivity index (χ4n) is 3.79. The number of morpholine rings is 1. The lowest BCUT2D eigenvalue weighted by atomic mass is 10.0. The van der Waals surface area contributed by atoms with Crippen molar-refractivity contribution in [1.82, 2.24) is 9.29 Å². The number of ether oxygens (including phenoxy) is 1. The van der Waals surface area contributed by atoms with Crippen molar-refractivity contribution < 1.29 is 17.9 Å². The van der Waals surface area contributed by atoms with Gasteiger partial charge in [0.1, 0.15) is 0 Å². The van der Waals surface area contributed by atoms with Crippen LogP contribution in [0.3, 0.4) is 0 Å². The lowest BCUT2D eigenvalue weighted by Gasteiger charge is -2.26. The number of rotatable bonds is 5. The second-order valence-corrected chi connectivity index (χ2v) is 10.4. The highest BCUT2D eigenvalue weighted by Crippen LogP contribution is 2.28. The second-order valence-electron chi connectivity index (χ2n) is 7.56. The third-order valence-corrected chi connectivity index (χ3v) is 8.19. The molecule has 4 aromatic rings. The molecule has 33 heavy (non-hydrogen) atoms. The highest BCUT2D eigenvalue weighted by molar-refractivity contribution is 7.89. The topological polar surface area (TPSA) is 88.6 Å². The first-order valence-electron chi connectivity index (χ1n) is 10.5. The number of nitrogens with zero attached hydrogens (tertiary/aromatic N) is 2. The van der Waals surface area contributed by atoms with Crippen molar-refractivity contribution in [3.63, 3.8) is 0 Å². The molecule has 1 aliphatic rings. The predicted molar refractivity (Wildman–Crippen MR) is 129 cm³/mol. The van der Waals surface area contributed by atoms with E-state index >= 15 is 0 Å². The zero-order chi connectivity index (χ0) is 22.8. The van der Waals surface area contributed by atoms with Crippen molar-refractivity contribution in [3.8, 4) is 11.3 Å². The number of nitrogens with one attached hydrogen (secondary N) is 1. The van der Waals surface area contributed by atoms with E-state index in [0.29, 0.717) is 42.7 Å². The lowest BCUT2D eigenvalue weighted by Crippen LogP contribution is -2.40. The number of carbonyl (C=O) groups is 1. The van der Waals surface area contributed by atoms with Gasteiger partial charge in [-0.15, -0.1) is 11.3 Å². The molecule has 0 atom stereocenters. The van der Waals surface area contributed by atoms with Crippen LogP contribution in [-0.2, 0) is 14.8 Å². The second kappa shape index (κ2) is 9.03. The number of benzene rings is 3. The highest BCUT2D eigenvalue weighted by Gasteiger charge is 2.26. The predicted octanol–water partition coefficient (Wildman–Crippen LogP) is 4.24. The molecule has 7 nitrogen and oxygen atoms in total. The Labute approximate surface area is 195 Å². The van der Waals surface area contributed by atoms with Gasteiger partial charge in [-0.2, -0.15) is 4.31 Å². The Morgan fingerprint density at radius 2 is 1.70 bits per heavy atom. The summed E-state index contributed by atoms with van der Waals surface area (Å²) in [5.41, 5.74) is 2.03. The molecule has 0 bridgehead atoms. The maximum Gasteiger partial charge on any atom is 0.258 e. The van der Waals surface area contributed by atoms with Crippen LogP contribution in [0, 0.1) is 0 Å². The molecule has 9 heteroatoms. The van der Waals surface area contributed by atoms with Crippen LogP contribution in [0.1, 0.15) is 10.4 Å². The molecule has 168 valence electrons. The van der Waals surface area contributed by atoms with Crippen molar-refractivity contribution >= 4 is 43.2 Å². The monoisotopic (exact) mass is 479 g/mol. The summed E-state index contributed by atoms with van der Waals surface area (Å²) in [5, 5.41) is 7.07. The summed E-state index contributed by atoms with van der Waals surface area (Å²) in [6.07, 6.45) is 0. The molecule has 0 spiro atoms. The van der Waals surface area contributed by atoms with Gasteiger partial charge in [0.15, 0.2) is 5.13 Å². The largest absolute Gasteiger partial charge is 0.379 e. The molecule has 2 heterocycles. The summed E-state index contributed by atoms with van der Waals surface area (Å²) in [7, 11) is -3.54. The average molecular weight is 480 g/mol. The van der Waals surface area contributed by atoms with Crippen molar-refractivity contribution in [1.29, 1.82) is 0 Å². The molecule has 1 saturated heterocycles. The molecule has 1 N–H and O–H groups in total. The molecule has 0 saturated carbocycles. The van der Waals surface area contributed by atoms with E-state index in [0.717, 1.165) is 16.3 Å². The quantitative estimate of drug-likeness (QED) is 0.463. The summed E-state index contributed by atoms with van der Waals surface area (Å²) in [5.74, 6) is -0.223. The summed E-state index contributed by atoms with van der Waals surface area (Å²) in [4.78, 5) is 17.6. The molecule has 1 aliphatic heterocycles. The van der Waals surface area contributed by atoms with Crippen molar-refractivity contribution in [2.45, 2.75) is 4.90 Å². The third kappa shape index (κ3) is 4.40. The minimum Gasteiger partial charge on any atom is -0.379 e. The SMILES string of the molecule is O=C(Nc1nc(-c2ccc(S(=O)(=O)N3CCOCC3)cc2)cs1)c1cccc2ccccc12. The zero-order valence-corrected chi connectivity index (χ0v) is 19.2. The van der Waals surface area contributed by atoms with Crippen LogP contribution in [-0.4, -0.2) is 49.9 Å². The van der Waals surface area contributed by atoms with Crippen molar-refractivity contribution in [2.75, 3.05) is 31.6 Å². The van der Waals surface area contributed by atoms with Gasteiger partial charge in [0.05, 0.1) is 23.8 Å². The van der Waals surface area contributed by atoms with E-state index in [2.05, 4.69) is 10.3 Å². The van der Waals surface area contributed by atoms with E-state index in [-0.39, 0.29) is 10.8 Å². The number of hydrogen-bond acceptors (Lipinski definition) is 6. The van der Waals surface area contributed by atoms with Crippen LogP contribution in [0.25, 0.3) is 22.0 Å². The number of fused-ring (bicyclic) bond motifs is 1. The Hall–Kier alpha value is -3.11. The zero-order valence-electron chi connectivity index (χ0n) is 17.6. The first-order valence-corrected chi connectivity index (χ1v) is 12.8. The van der Waals surface area contributed by atoms with Crippen LogP contribution in [0.4, 0.5) is 5.13 Å². The first kappa shape index (κ1) is 21.7. The van der Waals surface area contributed by atoms with Crippen molar-refractivity contribution in [3.05, 3.63) is 77.7 Å². The highest BCUT2D eigenvalue weighted by atomic mass is 32.2. The molecule has 3 aromatic carbocycles. The fourth-order valence-corrected chi connectivity index (χ4v) is 5.91. The van der Waals surface area contributed by atoms with E-state index in [9.17, 15) is 13.2 Å². The van der Waals surface area contributed by atoms with Crippen molar-refractivity contribution in [2.24, 2.45) is 0 Å². The molecule has 1 aromatic heterocycles. The Morgan fingerprint density at radius 3 is 2.48 bits per heavy atom. The van der Waals surface area contributed by atoms with E-state index in [1.807, 2.05) is 41.8 Å². The fraction of sp³-hybridized carbons (Fsp3) is 0.167. The Morgan fingerprint density at radius 1 is 0.970 bits per heavy atom. The minimum absolute atomic E-state index is 0.223. The minimum atomic E-state index is -3.54. The van der Waals surface area contributed by atoms with Crippen LogP contribution < -0.4 is 5.32 Å². The van der Waals surface area contributed by atoms with Crippen LogP contribution >= 0.6 is 11.3 Å². The Bertz CT molecular complexity index is 1400. The van der Waals surface area contributed by atoms with Gasteiger partial charge in [0.25, 0.3) is 5.91 Å². The maximum absolute atomic E-state index is 12.9. The molecule has 1 amide bonds. The van der Waals surface area contributed by atoms with Gasteiger partial charge in [0, 0.05) is 29.6 Å². The van der Waals surface area contributed by atoms with E-state index in [1.54, 1.807) is 30.3 Å². The molecule has 0 aliphatic carbocycles. The van der Waals surface area contributed by atoms with E-state index in [4.69, 9.17) is 4.74 Å². The van der Waals surface area contributed by atoms with Gasteiger partial charge in [-0.05, 0) is 29.0 Å². The number of hydrogen-bond donors (Lipinski definition) is 1. The van der Waals surface area contributed by atoms with Gasteiger partial charge in [-0.1, -0.05) is 48.5 Å². The number of anilines is 1. The molecular formula is C24H21N3O4S2. The Balaban J connectivity index is 1.33. The number of aromatic nitrogens is 1. The summed E-state index contributed by atoms with van der Waals surface area (Å²) >= 11 is 1.32. The van der Waals surface area contributed by atoms with Crippen LogP contribution in [0.15, 0.2) is 77.0 Å². The summed E-state index contributed by atoms with van der Waals surface area (Å²) < 4.78 is 32.3. The average Bonchev–Trinajstić information content (AvgIpc) is 3.32. The van der Waals surface area contributed by atoms with E-state index < -0.39 is 10.0 Å². The normalized spacial score (nSPS) is 14.9. The lowest BCUT2D eigenvalue weighted by molar-refractivity contribution is 0.0730. The molecule has 0 radical (unpaired) electrons. The van der Waals surface area contributed by atoms with Gasteiger partial charge < -0.3 is 4.74 Å². The van der Waals surface area contributed by atoms with Gasteiger partial charge in [-0.3, -0.25) is 10.1 Å². The Kier molecular flexibility index (Phi) is 5.94. The summed E-state index contributed by atoms with van der Waals surface area (Å²) in [6, 6.07) is 20.0. The summed E-state index contributed by atoms with van der Waals surface area (Å²) in [6.45, 7) is 1.53. The smallest absolute Gasteiger partial charge is 0.258 e. The van der Waals surface area contributed by atoms with E-state index in [1.165, 1.54) is 15.6 Å². The van der Waals surface area contributed by atoms with Crippen LogP contribution in [0.2, 0.25) is 0 Å². The molecule has 1 fully saturated rings. The number of thiazole rings is 1. The number of carbonyl (C=O) groups excluding carboxylic acids is 1. The number of sulfonamides is 1. The van der Waals surface area contributed by atoms with Gasteiger partial charge in [0.2, 0.25) is 10.0 Å². The number of amides is 1.